The third-order valence-corrected chi connectivity index (χ3v) is 5.07. The van der Waals surface area contributed by atoms with Crippen molar-refractivity contribution in [2.24, 2.45) is 0 Å². The number of hydrogen-bond donors (Lipinski definition) is 1. The molecule has 0 unspecified atom stereocenters. The van der Waals surface area contributed by atoms with E-state index in [0.29, 0.717) is 5.56 Å². The average molecular weight is 390 g/mol. The van der Waals surface area contributed by atoms with E-state index in [1.807, 2.05) is 20.8 Å². The van der Waals surface area contributed by atoms with Gasteiger partial charge in [-0.3, -0.25) is 4.68 Å². The number of halogens is 4. The van der Waals surface area contributed by atoms with E-state index in [2.05, 4.69) is 5.10 Å². The Morgan fingerprint density at radius 3 is 2.29 bits per heavy atom. The molecule has 3 nitrogen and oxygen atoms in total. The Hall–Kier alpha value is -2.67. The number of benzene rings is 2. The first-order valence-corrected chi connectivity index (χ1v) is 8.73. The number of rotatable bonds is 1. The third kappa shape index (κ3) is 2.49. The molecule has 0 radical (unpaired) electrons. The lowest BCUT2D eigenvalue weighted by Crippen LogP contribution is -2.41. The molecule has 0 amide bonds. The molecule has 0 saturated heterocycles. The third-order valence-electron chi connectivity index (χ3n) is 5.07. The molecule has 4 rings (SSSR count). The predicted molar refractivity (Wildman–Crippen MR) is 97.1 cm³/mol. The number of nitrogens with zero attached hydrogens (tertiary/aromatic N) is 2. The zero-order chi connectivity index (χ0) is 20.5. The lowest BCUT2D eigenvalue weighted by molar-refractivity contribution is -0.246. The summed E-state index contributed by atoms with van der Waals surface area (Å²) in [7, 11) is 0. The number of aliphatic hydroxyl groups is 1. The molecule has 0 spiro atoms. The molecular formula is C21H18F4N2O. The molecule has 1 aliphatic rings. The number of aromatic nitrogens is 2. The zero-order valence-electron chi connectivity index (χ0n) is 15.5. The van der Waals surface area contributed by atoms with Crippen molar-refractivity contribution >= 4 is 0 Å². The summed E-state index contributed by atoms with van der Waals surface area (Å²) >= 11 is 0. The second kappa shape index (κ2) is 5.67. The van der Waals surface area contributed by atoms with Crippen molar-refractivity contribution in [3.8, 4) is 22.3 Å². The van der Waals surface area contributed by atoms with Crippen LogP contribution in [0.1, 0.15) is 31.9 Å². The van der Waals surface area contributed by atoms with Gasteiger partial charge in [0.2, 0.25) is 5.60 Å². The molecule has 0 saturated carbocycles. The lowest BCUT2D eigenvalue weighted by atomic mass is 9.89. The summed E-state index contributed by atoms with van der Waals surface area (Å²) in [6, 6.07) is 7.70. The van der Waals surface area contributed by atoms with E-state index in [1.54, 1.807) is 16.9 Å². The molecule has 0 aliphatic heterocycles. The van der Waals surface area contributed by atoms with Gasteiger partial charge in [-0.05, 0) is 49.6 Å². The van der Waals surface area contributed by atoms with E-state index < -0.39 is 23.2 Å². The quantitative estimate of drug-likeness (QED) is 0.579. The van der Waals surface area contributed by atoms with Gasteiger partial charge in [-0.25, -0.2) is 4.39 Å². The summed E-state index contributed by atoms with van der Waals surface area (Å²) in [4.78, 5) is 0. The fourth-order valence-electron chi connectivity index (χ4n) is 3.71. The van der Waals surface area contributed by atoms with Gasteiger partial charge >= 0.3 is 6.18 Å². The first-order valence-electron chi connectivity index (χ1n) is 8.73. The standard InChI is InChI=1S/C21H18F4N2O/c1-19(2,3)27-11-12(10-26-27)15-8-13(22)9-17-18(15)14-6-4-5-7-16(14)20(17,28)21(23,24)25/h4-11,28H,1-3H3/t20-/m1/s1. The Balaban J connectivity index is 2.06. The van der Waals surface area contributed by atoms with Crippen LogP contribution in [0.15, 0.2) is 48.8 Å². The highest BCUT2D eigenvalue weighted by atomic mass is 19.4. The predicted octanol–water partition coefficient (Wildman–Crippen LogP) is 5.22. The first kappa shape index (κ1) is 18.7. The summed E-state index contributed by atoms with van der Waals surface area (Å²) in [6.45, 7) is 5.78. The van der Waals surface area contributed by atoms with Crippen molar-refractivity contribution in [1.82, 2.24) is 9.78 Å². The van der Waals surface area contributed by atoms with Crippen molar-refractivity contribution in [1.29, 1.82) is 0 Å². The van der Waals surface area contributed by atoms with Gasteiger partial charge in [0.25, 0.3) is 0 Å². The Kier molecular flexibility index (Phi) is 3.78. The monoisotopic (exact) mass is 390 g/mol. The van der Waals surface area contributed by atoms with Crippen LogP contribution >= 0.6 is 0 Å². The molecule has 0 fully saturated rings. The molecule has 1 N–H and O–H groups in total. The van der Waals surface area contributed by atoms with Crippen molar-refractivity contribution in [3.05, 3.63) is 65.7 Å². The molecule has 1 aliphatic carbocycles. The molecule has 146 valence electrons. The maximum Gasteiger partial charge on any atom is 0.425 e. The van der Waals surface area contributed by atoms with Gasteiger partial charge in [0.1, 0.15) is 5.82 Å². The van der Waals surface area contributed by atoms with E-state index in [0.717, 1.165) is 6.07 Å². The topological polar surface area (TPSA) is 38.0 Å². The van der Waals surface area contributed by atoms with Gasteiger partial charge < -0.3 is 5.11 Å². The number of fused-ring (bicyclic) bond motifs is 3. The SMILES string of the molecule is CC(C)(C)n1cc(-c2cc(F)cc3c2-c2ccccc2[C@]3(O)C(F)(F)F)cn1. The minimum atomic E-state index is -5.00. The van der Waals surface area contributed by atoms with Crippen LogP contribution in [-0.2, 0) is 11.1 Å². The smallest absolute Gasteiger partial charge is 0.372 e. The van der Waals surface area contributed by atoms with Crippen molar-refractivity contribution in [3.63, 3.8) is 0 Å². The number of hydrogen-bond acceptors (Lipinski definition) is 2. The van der Waals surface area contributed by atoms with Gasteiger partial charge in [-0.2, -0.15) is 18.3 Å². The first-order chi connectivity index (χ1) is 12.9. The van der Waals surface area contributed by atoms with Crippen LogP contribution in [0.2, 0.25) is 0 Å². The Morgan fingerprint density at radius 2 is 1.68 bits per heavy atom. The molecule has 2 aromatic carbocycles. The van der Waals surface area contributed by atoms with E-state index in [-0.39, 0.29) is 27.8 Å². The molecule has 1 heterocycles. The second-order valence-electron chi connectivity index (χ2n) is 7.97. The van der Waals surface area contributed by atoms with Crippen LogP contribution in [-0.4, -0.2) is 21.1 Å². The lowest BCUT2D eigenvalue weighted by Gasteiger charge is -2.28. The summed E-state index contributed by atoms with van der Waals surface area (Å²) in [5, 5.41) is 15.0. The van der Waals surface area contributed by atoms with Crippen molar-refractivity contribution < 1.29 is 22.7 Å². The van der Waals surface area contributed by atoms with E-state index in [9.17, 15) is 22.7 Å². The minimum absolute atomic E-state index is 0.172. The summed E-state index contributed by atoms with van der Waals surface area (Å²) in [5.74, 6) is -0.854. The van der Waals surface area contributed by atoms with E-state index in [1.165, 1.54) is 30.5 Å². The van der Waals surface area contributed by atoms with Gasteiger partial charge in [-0.1, -0.05) is 24.3 Å². The van der Waals surface area contributed by atoms with Crippen LogP contribution in [0.3, 0.4) is 0 Å². The molecule has 7 heteroatoms. The Morgan fingerprint density at radius 1 is 1.00 bits per heavy atom. The molecule has 3 aromatic rings. The van der Waals surface area contributed by atoms with Crippen LogP contribution < -0.4 is 0 Å². The summed E-state index contributed by atoms with van der Waals surface area (Å²) in [5.41, 5.74) is -3.27. The molecule has 1 atom stereocenters. The Labute approximate surface area is 159 Å². The maximum atomic E-state index is 14.4. The van der Waals surface area contributed by atoms with Gasteiger partial charge in [0.05, 0.1) is 11.7 Å². The molecule has 28 heavy (non-hydrogen) atoms. The normalized spacial score (nSPS) is 18.9. The zero-order valence-corrected chi connectivity index (χ0v) is 15.5. The molecular weight excluding hydrogens is 372 g/mol. The van der Waals surface area contributed by atoms with Crippen molar-refractivity contribution in [2.75, 3.05) is 0 Å². The minimum Gasteiger partial charge on any atom is -0.372 e. The van der Waals surface area contributed by atoms with Crippen molar-refractivity contribution in [2.45, 2.75) is 38.1 Å². The fourth-order valence-corrected chi connectivity index (χ4v) is 3.71. The van der Waals surface area contributed by atoms with Gasteiger partial charge in [0.15, 0.2) is 0 Å². The van der Waals surface area contributed by atoms with Crippen LogP contribution in [0.5, 0.6) is 0 Å². The van der Waals surface area contributed by atoms with Crippen LogP contribution in [0.25, 0.3) is 22.3 Å². The average Bonchev–Trinajstić information content (AvgIpc) is 3.18. The fraction of sp³-hybridized carbons (Fsp3) is 0.286. The molecule has 0 bridgehead atoms. The van der Waals surface area contributed by atoms with Crippen LogP contribution in [0.4, 0.5) is 17.6 Å². The molecule has 1 aromatic heterocycles. The summed E-state index contributed by atoms with van der Waals surface area (Å²) < 4.78 is 57.9. The Bertz CT molecular complexity index is 1080. The van der Waals surface area contributed by atoms with E-state index in [4.69, 9.17) is 0 Å². The highest BCUT2D eigenvalue weighted by Crippen LogP contribution is 2.57. The highest BCUT2D eigenvalue weighted by Gasteiger charge is 2.61. The van der Waals surface area contributed by atoms with E-state index >= 15 is 0 Å². The van der Waals surface area contributed by atoms with Gasteiger partial charge in [-0.15, -0.1) is 0 Å². The van der Waals surface area contributed by atoms with Gasteiger partial charge in [0, 0.05) is 22.9 Å². The number of alkyl halides is 3. The maximum absolute atomic E-state index is 14.4. The summed E-state index contributed by atoms with van der Waals surface area (Å²) in [6.07, 6.45) is -1.84. The largest absolute Gasteiger partial charge is 0.425 e. The van der Waals surface area contributed by atoms with Crippen LogP contribution in [0, 0.1) is 5.82 Å². The second-order valence-corrected chi connectivity index (χ2v) is 7.97. The highest BCUT2D eigenvalue weighted by molar-refractivity contribution is 5.92.